The van der Waals surface area contributed by atoms with Gasteiger partial charge in [0.15, 0.2) is 0 Å². The Morgan fingerprint density at radius 1 is 1.20 bits per heavy atom. The van der Waals surface area contributed by atoms with Crippen molar-refractivity contribution < 1.29 is 4.74 Å². The molecule has 0 aromatic carbocycles. The molecule has 0 saturated carbocycles. The van der Waals surface area contributed by atoms with Crippen LogP contribution in [0.4, 0.5) is 0 Å². The normalized spacial score (nSPS) is 21.3. The van der Waals surface area contributed by atoms with E-state index >= 15 is 0 Å². The summed E-state index contributed by atoms with van der Waals surface area (Å²) in [7, 11) is 4.31. The SMILES string of the molecule is CCNC(CN(CCN(C)C)CC(C)C)C1CCOC1. The Labute approximate surface area is 125 Å². The van der Waals surface area contributed by atoms with Crippen molar-refractivity contribution in [2.75, 3.05) is 60.0 Å². The second-order valence-corrected chi connectivity index (χ2v) is 6.74. The van der Waals surface area contributed by atoms with E-state index in [0.717, 1.165) is 45.3 Å². The lowest BCUT2D eigenvalue weighted by atomic mass is 9.98. The maximum atomic E-state index is 5.58. The number of nitrogens with one attached hydrogen (secondary N) is 1. The fourth-order valence-corrected chi connectivity index (χ4v) is 2.91. The maximum Gasteiger partial charge on any atom is 0.0510 e. The standard InChI is InChI=1S/C16H35N3O/c1-6-17-16(15-7-10-20-13-15)12-19(11-14(2)3)9-8-18(4)5/h14-17H,6-13H2,1-5H3. The molecule has 0 spiro atoms. The first kappa shape index (κ1) is 17.9. The molecule has 2 atom stereocenters. The molecule has 2 unspecified atom stereocenters. The summed E-state index contributed by atoms with van der Waals surface area (Å²) in [5, 5.41) is 3.68. The Bertz CT molecular complexity index is 240. The van der Waals surface area contributed by atoms with Crippen LogP contribution in [0.2, 0.25) is 0 Å². The molecule has 1 aliphatic heterocycles. The van der Waals surface area contributed by atoms with Crippen LogP contribution in [-0.2, 0) is 4.74 Å². The van der Waals surface area contributed by atoms with Crippen LogP contribution in [-0.4, -0.2) is 75.9 Å². The van der Waals surface area contributed by atoms with Gasteiger partial charge in [0.1, 0.15) is 0 Å². The summed E-state index contributed by atoms with van der Waals surface area (Å²) in [5.41, 5.74) is 0. The van der Waals surface area contributed by atoms with E-state index < -0.39 is 0 Å². The second kappa shape index (κ2) is 9.72. The molecule has 4 nitrogen and oxygen atoms in total. The van der Waals surface area contributed by atoms with Crippen molar-refractivity contribution in [3.8, 4) is 0 Å². The van der Waals surface area contributed by atoms with E-state index in [1.165, 1.54) is 13.0 Å². The molecule has 0 aliphatic carbocycles. The van der Waals surface area contributed by atoms with Crippen molar-refractivity contribution in [2.24, 2.45) is 11.8 Å². The third kappa shape index (κ3) is 7.02. The minimum atomic E-state index is 0.573. The minimum absolute atomic E-state index is 0.573. The Balaban J connectivity index is 2.52. The molecule has 4 heteroatoms. The predicted molar refractivity (Wildman–Crippen MR) is 86.2 cm³/mol. The van der Waals surface area contributed by atoms with Crippen molar-refractivity contribution in [3.05, 3.63) is 0 Å². The van der Waals surface area contributed by atoms with E-state index in [1.807, 2.05) is 0 Å². The lowest BCUT2D eigenvalue weighted by Crippen LogP contribution is -2.48. The highest BCUT2D eigenvalue weighted by Crippen LogP contribution is 2.18. The van der Waals surface area contributed by atoms with Gasteiger partial charge in [-0.2, -0.15) is 0 Å². The zero-order valence-corrected chi connectivity index (χ0v) is 14.2. The summed E-state index contributed by atoms with van der Waals surface area (Å²) >= 11 is 0. The lowest BCUT2D eigenvalue weighted by Gasteiger charge is -2.32. The fraction of sp³-hybridized carbons (Fsp3) is 1.00. The van der Waals surface area contributed by atoms with Crippen molar-refractivity contribution >= 4 is 0 Å². The van der Waals surface area contributed by atoms with Gasteiger partial charge >= 0.3 is 0 Å². The van der Waals surface area contributed by atoms with Crippen LogP contribution < -0.4 is 5.32 Å². The van der Waals surface area contributed by atoms with E-state index in [4.69, 9.17) is 4.74 Å². The summed E-state index contributed by atoms with van der Waals surface area (Å²) in [6, 6.07) is 0.573. The molecular formula is C16H35N3O. The first-order chi connectivity index (χ1) is 9.52. The van der Waals surface area contributed by atoms with E-state index in [-0.39, 0.29) is 0 Å². The molecule has 1 N–H and O–H groups in total. The average Bonchev–Trinajstić information content (AvgIpc) is 2.88. The molecule has 1 aliphatic rings. The Hall–Kier alpha value is -0.160. The molecule has 0 aromatic heterocycles. The van der Waals surface area contributed by atoms with Crippen LogP contribution in [0.3, 0.4) is 0 Å². The number of ether oxygens (including phenoxy) is 1. The van der Waals surface area contributed by atoms with Crippen LogP contribution in [0.1, 0.15) is 27.2 Å². The van der Waals surface area contributed by atoms with Gasteiger partial charge in [0.25, 0.3) is 0 Å². The molecule has 1 fully saturated rings. The molecule has 0 aromatic rings. The molecule has 0 radical (unpaired) electrons. The van der Waals surface area contributed by atoms with E-state index in [1.54, 1.807) is 0 Å². The van der Waals surface area contributed by atoms with Crippen LogP contribution in [0.15, 0.2) is 0 Å². The highest BCUT2D eigenvalue weighted by atomic mass is 16.5. The predicted octanol–water partition coefficient (Wildman–Crippen LogP) is 1.52. The van der Waals surface area contributed by atoms with Crippen molar-refractivity contribution in [1.82, 2.24) is 15.1 Å². The van der Waals surface area contributed by atoms with E-state index in [9.17, 15) is 0 Å². The Kier molecular flexibility index (Phi) is 8.69. The number of likely N-dealkylation sites (N-methyl/N-ethyl adjacent to an activating group) is 2. The summed E-state index contributed by atoms with van der Waals surface area (Å²) in [6.07, 6.45) is 1.21. The monoisotopic (exact) mass is 285 g/mol. The quantitative estimate of drug-likeness (QED) is 0.659. The smallest absolute Gasteiger partial charge is 0.0510 e. The van der Waals surface area contributed by atoms with Crippen molar-refractivity contribution in [1.29, 1.82) is 0 Å². The van der Waals surface area contributed by atoms with Gasteiger partial charge in [-0.05, 0) is 33.0 Å². The van der Waals surface area contributed by atoms with Crippen molar-refractivity contribution in [3.63, 3.8) is 0 Å². The summed E-state index contributed by atoms with van der Waals surface area (Å²) in [6.45, 7) is 14.4. The summed E-state index contributed by atoms with van der Waals surface area (Å²) in [5.74, 6) is 1.41. The number of nitrogens with zero attached hydrogens (tertiary/aromatic N) is 2. The zero-order valence-electron chi connectivity index (χ0n) is 14.2. The Morgan fingerprint density at radius 2 is 1.95 bits per heavy atom. The zero-order chi connectivity index (χ0) is 15.0. The third-order valence-corrected chi connectivity index (χ3v) is 3.94. The largest absolute Gasteiger partial charge is 0.381 e. The third-order valence-electron chi connectivity index (χ3n) is 3.94. The molecule has 1 heterocycles. The van der Waals surface area contributed by atoms with Gasteiger partial charge in [0, 0.05) is 44.7 Å². The highest BCUT2D eigenvalue weighted by molar-refractivity contribution is 4.82. The van der Waals surface area contributed by atoms with E-state index in [0.29, 0.717) is 12.0 Å². The molecule has 1 rings (SSSR count). The van der Waals surface area contributed by atoms with Crippen LogP contribution >= 0.6 is 0 Å². The molecule has 120 valence electrons. The molecule has 20 heavy (non-hydrogen) atoms. The summed E-state index contributed by atoms with van der Waals surface area (Å²) < 4.78 is 5.58. The van der Waals surface area contributed by atoms with E-state index in [2.05, 4.69) is 50.0 Å². The van der Waals surface area contributed by atoms with Crippen LogP contribution in [0.25, 0.3) is 0 Å². The van der Waals surface area contributed by atoms with Crippen LogP contribution in [0, 0.1) is 11.8 Å². The van der Waals surface area contributed by atoms with Gasteiger partial charge in [0.2, 0.25) is 0 Å². The van der Waals surface area contributed by atoms with Gasteiger partial charge in [-0.15, -0.1) is 0 Å². The minimum Gasteiger partial charge on any atom is -0.381 e. The highest BCUT2D eigenvalue weighted by Gasteiger charge is 2.26. The maximum absolute atomic E-state index is 5.58. The Morgan fingerprint density at radius 3 is 2.45 bits per heavy atom. The summed E-state index contributed by atoms with van der Waals surface area (Å²) in [4.78, 5) is 4.89. The molecule has 1 saturated heterocycles. The van der Waals surface area contributed by atoms with Gasteiger partial charge in [-0.25, -0.2) is 0 Å². The fourth-order valence-electron chi connectivity index (χ4n) is 2.91. The molecule has 0 amide bonds. The first-order valence-corrected chi connectivity index (χ1v) is 8.21. The first-order valence-electron chi connectivity index (χ1n) is 8.21. The van der Waals surface area contributed by atoms with Crippen LogP contribution in [0.5, 0.6) is 0 Å². The number of rotatable bonds is 10. The van der Waals surface area contributed by atoms with Gasteiger partial charge in [0.05, 0.1) is 6.61 Å². The van der Waals surface area contributed by atoms with Gasteiger partial charge < -0.3 is 19.9 Å². The number of hydrogen-bond donors (Lipinski definition) is 1. The van der Waals surface area contributed by atoms with Crippen molar-refractivity contribution in [2.45, 2.75) is 33.2 Å². The molecule has 0 bridgehead atoms. The topological polar surface area (TPSA) is 27.7 Å². The van der Waals surface area contributed by atoms with Gasteiger partial charge in [-0.3, -0.25) is 0 Å². The molecular weight excluding hydrogens is 250 g/mol. The number of hydrogen-bond acceptors (Lipinski definition) is 4. The van der Waals surface area contributed by atoms with Gasteiger partial charge in [-0.1, -0.05) is 20.8 Å². The average molecular weight is 285 g/mol. The second-order valence-electron chi connectivity index (χ2n) is 6.74. The lowest BCUT2D eigenvalue weighted by molar-refractivity contribution is 0.151.